The molecule has 0 radical (unpaired) electrons. The molecule has 0 amide bonds. The van der Waals surface area contributed by atoms with E-state index in [-0.39, 0.29) is 10.8 Å². The number of phenolic OH excluding ortho intramolecular Hbond substituents is 1. The number of nitrogens with zero attached hydrogens (tertiary/aromatic N) is 4. The topological polar surface area (TPSA) is 62.8 Å². The van der Waals surface area contributed by atoms with Crippen molar-refractivity contribution < 1.29 is 5.11 Å². The zero-order chi connectivity index (χ0) is 11.5. The highest BCUT2D eigenvalue weighted by atomic mass is 35.5. The van der Waals surface area contributed by atoms with Gasteiger partial charge in [0.15, 0.2) is 5.82 Å². The average molecular weight is 237 g/mol. The van der Waals surface area contributed by atoms with Gasteiger partial charge >= 0.3 is 0 Å². The van der Waals surface area contributed by atoms with Gasteiger partial charge in [0.25, 0.3) is 0 Å². The van der Waals surface area contributed by atoms with Gasteiger partial charge in [0.1, 0.15) is 5.75 Å². The summed E-state index contributed by atoms with van der Waals surface area (Å²) >= 11 is 5.74. The molecular formula is C10H9ClN4O. The third-order valence-electron chi connectivity index (χ3n) is 1.99. The molecule has 1 aromatic heterocycles. The average Bonchev–Trinajstić information content (AvgIpc) is 2.66. The number of aromatic nitrogens is 2. The summed E-state index contributed by atoms with van der Waals surface area (Å²) in [6, 6.07) is 6.38. The lowest BCUT2D eigenvalue weighted by atomic mass is 10.3. The van der Waals surface area contributed by atoms with Gasteiger partial charge in [-0.25, -0.2) is 4.68 Å². The lowest BCUT2D eigenvalue weighted by Crippen LogP contribution is -1.86. The molecule has 5 nitrogen and oxygen atoms in total. The van der Waals surface area contributed by atoms with Crippen molar-refractivity contribution in [3.05, 3.63) is 35.5 Å². The van der Waals surface area contributed by atoms with E-state index in [4.69, 9.17) is 11.6 Å². The van der Waals surface area contributed by atoms with Gasteiger partial charge in [-0.15, -0.1) is 10.2 Å². The van der Waals surface area contributed by atoms with E-state index in [1.807, 2.05) is 0 Å². The van der Waals surface area contributed by atoms with Crippen molar-refractivity contribution in [2.45, 2.75) is 0 Å². The van der Waals surface area contributed by atoms with Crippen molar-refractivity contribution >= 4 is 23.1 Å². The minimum Gasteiger partial charge on any atom is -0.506 e. The Balaban J connectivity index is 2.24. The number of benzene rings is 1. The number of phenols is 1. The molecule has 0 atom stereocenters. The third kappa shape index (κ3) is 2.20. The lowest BCUT2D eigenvalue weighted by Gasteiger charge is -1.97. The summed E-state index contributed by atoms with van der Waals surface area (Å²) in [5.41, 5.74) is 0.573. The molecule has 2 rings (SSSR count). The summed E-state index contributed by atoms with van der Waals surface area (Å²) in [7, 11) is 1.78. The monoisotopic (exact) mass is 236 g/mol. The molecule has 82 valence electrons. The molecule has 0 unspecified atom stereocenters. The Morgan fingerprint density at radius 3 is 2.75 bits per heavy atom. The molecule has 1 aromatic carbocycles. The Labute approximate surface area is 97.0 Å². The van der Waals surface area contributed by atoms with Crippen LogP contribution in [0.15, 0.2) is 40.7 Å². The van der Waals surface area contributed by atoms with Crippen LogP contribution < -0.4 is 0 Å². The number of rotatable bonds is 2. The molecule has 6 heteroatoms. The van der Waals surface area contributed by atoms with Crippen LogP contribution >= 0.6 is 11.6 Å². The van der Waals surface area contributed by atoms with Crippen LogP contribution in [0.1, 0.15) is 0 Å². The Bertz CT molecular complexity index is 535. The predicted molar refractivity (Wildman–Crippen MR) is 60.5 cm³/mol. The van der Waals surface area contributed by atoms with E-state index in [0.29, 0.717) is 11.5 Å². The summed E-state index contributed by atoms with van der Waals surface area (Å²) < 4.78 is 1.60. The zero-order valence-corrected chi connectivity index (χ0v) is 9.26. The molecule has 0 saturated carbocycles. The van der Waals surface area contributed by atoms with Crippen LogP contribution in [0, 0.1) is 0 Å². The van der Waals surface area contributed by atoms with Crippen LogP contribution in [0.2, 0.25) is 5.02 Å². The van der Waals surface area contributed by atoms with E-state index in [1.54, 1.807) is 30.1 Å². The maximum absolute atomic E-state index is 9.22. The fraction of sp³-hybridized carbons (Fsp3) is 0.100. The first-order chi connectivity index (χ1) is 7.66. The van der Waals surface area contributed by atoms with E-state index < -0.39 is 0 Å². The third-order valence-corrected chi connectivity index (χ3v) is 2.30. The van der Waals surface area contributed by atoms with Gasteiger partial charge in [0.05, 0.1) is 16.9 Å². The molecule has 1 N–H and O–H groups in total. The number of halogens is 1. The standard InChI is InChI=1S/C10H9ClN4O/c1-15-10(4-5-12-15)14-13-7-2-3-9(16)8(11)6-7/h2-6,16H,1H3. The molecule has 16 heavy (non-hydrogen) atoms. The molecular weight excluding hydrogens is 228 g/mol. The zero-order valence-electron chi connectivity index (χ0n) is 8.50. The first-order valence-electron chi connectivity index (χ1n) is 4.55. The summed E-state index contributed by atoms with van der Waals surface area (Å²) in [4.78, 5) is 0. The quantitative estimate of drug-likeness (QED) is 0.814. The SMILES string of the molecule is Cn1nccc1N=Nc1ccc(O)c(Cl)c1. The number of aromatic hydroxyl groups is 1. The Hall–Kier alpha value is -1.88. The fourth-order valence-corrected chi connectivity index (χ4v) is 1.31. The van der Waals surface area contributed by atoms with Crippen molar-refractivity contribution in [1.82, 2.24) is 9.78 Å². The second-order valence-corrected chi connectivity index (χ2v) is 3.56. The van der Waals surface area contributed by atoms with Gasteiger partial charge < -0.3 is 5.11 Å². The second-order valence-electron chi connectivity index (χ2n) is 3.15. The summed E-state index contributed by atoms with van der Waals surface area (Å²) in [6.45, 7) is 0. The van der Waals surface area contributed by atoms with Gasteiger partial charge in [-0.2, -0.15) is 5.10 Å². The minimum absolute atomic E-state index is 0.0288. The van der Waals surface area contributed by atoms with Crippen LogP contribution in [0.3, 0.4) is 0 Å². The molecule has 0 saturated heterocycles. The molecule has 0 spiro atoms. The highest BCUT2D eigenvalue weighted by Crippen LogP contribution is 2.28. The normalized spacial score (nSPS) is 11.1. The van der Waals surface area contributed by atoms with Crippen molar-refractivity contribution in [3.8, 4) is 5.75 Å². The van der Waals surface area contributed by atoms with Crippen molar-refractivity contribution in [1.29, 1.82) is 0 Å². The second kappa shape index (κ2) is 4.32. The van der Waals surface area contributed by atoms with Crippen LogP contribution in [0.5, 0.6) is 5.75 Å². The van der Waals surface area contributed by atoms with E-state index in [0.717, 1.165) is 0 Å². The van der Waals surface area contributed by atoms with E-state index in [9.17, 15) is 5.11 Å². The number of hydrogen-bond donors (Lipinski definition) is 1. The largest absolute Gasteiger partial charge is 0.506 e. The van der Waals surface area contributed by atoms with Gasteiger partial charge in [-0.1, -0.05) is 11.6 Å². The Morgan fingerprint density at radius 2 is 2.12 bits per heavy atom. The van der Waals surface area contributed by atoms with Crippen LogP contribution in [0.4, 0.5) is 11.5 Å². The Kier molecular flexibility index (Phi) is 2.87. The molecule has 2 aromatic rings. The van der Waals surface area contributed by atoms with Crippen LogP contribution in [-0.4, -0.2) is 14.9 Å². The minimum atomic E-state index is 0.0288. The molecule has 0 bridgehead atoms. The summed E-state index contributed by atoms with van der Waals surface area (Å²) in [5, 5.41) is 21.4. The van der Waals surface area contributed by atoms with E-state index in [2.05, 4.69) is 15.3 Å². The fourth-order valence-electron chi connectivity index (χ4n) is 1.13. The van der Waals surface area contributed by atoms with E-state index in [1.165, 1.54) is 12.1 Å². The molecule has 1 heterocycles. The summed E-state index contributed by atoms with van der Waals surface area (Å²) in [6.07, 6.45) is 1.64. The lowest BCUT2D eigenvalue weighted by molar-refractivity contribution is 0.475. The molecule has 0 fully saturated rings. The van der Waals surface area contributed by atoms with Crippen molar-refractivity contribution in [2.24, 2.45) is 17.3 Å². The van der Waals surface area contributed by atoms with Gasteiger partial charge in [0.2, 0.25) is 0 Å². The Morgan fingerprint density at radius 1 is 1.31 bits per heavy atom. The number of hydrogen-bond acceptors (Lipinski definition) is 4. The maximum atomic E-state index is 9.22. The number of aryl methyl sites for hydroxylation is 1. The van der Waals surface area contributed by atoms with Gasteiger partial charge in [0, 0.05) is 13.1 Å². The first kappa shape index (κ1) is 10.6. The van der Waals surface area contributed by atoms with Crippen LogP contribution in [-0.2, 0) is 7.05 Å². The van der Waals surface area contributed by atoms with Gasteiger partial charge in [-0.3, -0.25) is 0 Å². The molecule has 0 aliphatic carbocycles. The van der Waals surface area contributed by atoms with Crippen molar-refractivity contribution in [2.75, 3.05) is 0 Å². The molecule has 0 aliphatic heterocycles. The maximum Gasteiger partial charge on any atom is 0.172 e. The molecule has 0 aliphatic rings. The highest BCUT2D eigenvalue weighted by Gasteiger charge is 1.99. The van der Waals surface area contributed by atoms with Gasteiger partial charge in [-0.05, 0) is 18.2 Å². The smallest absolute Gasteiger partial charge is 0.172 e. The summed E-state index contributed by atoms with van der Waals surface area (Å²) in [5.74, 6) is 0.672. The highest BCUT2D eigenvalue weighted by molar-refractivity contribution is 6.32. The predicted octanol–water partition coefficient (Wildman–Crippen LogP) is 3.19. The first-order valence-corrected chi connectivity index (χ1v) is 4.93. The van der Waals surface area contributed by atoms with Crippen molar-refractivity contribution in [3.63, 3.8) is 0 Å². The van der Waals surface area contributed by atoms with Crippen LogP contribution in [0.25, 0.3) is 0 Å². The number of azo groups is 1. The van der Waals surface area contributed by atoms with E-state index >= 15 is 0 Å².